The first-order chi connectivity index (χ1) is 15.5. The molecule has 9 heteroatoms. The highest BCUT2D eigenvalue weighted by atomic mass is 16.5. The Balaban J connectivity index is 1.62. The second kappa shape index (κ2) is 9.34. The zero-order valence-corrected chi connectivity index (χ0v) is 17.5. The molecule has 1 amide bonds. The van der Waals surface area contributed by atoms with Crippen LogP contribution in [-0.2, 0) is 9.59 Å². The van der Waals surface area contributed by atoms with Gasteiger partial charge in [0, 0.05) is 18.5 Å². The van der Waals surface area contributed by atoms with E-state index in [2.05, 4.69) is 26.8 Å². The minimum absolute atomic E-state index is 0.0635. The molecule has 0 saturated carbocycles. The van der Waals surface area contributed by atoms with Crippen LogP contribution in [0, 0.1) is 0 Å². The molecule has 4 rings (SSSR count). The molecule has 0 aliphatic carbocycles. The second-order valence-electron chi connectivity index (χ2n) is 7.29. The normalized spacial score (nSPS) is 14.7. The van der Waals surface area contributed by atoms with E-state index in [1.165, 1.54) is 0 Å². The number of anilines is 2. The van der Waals surface area contributed by atoms with Crippen LogP contribution in [-0.4, -0.2) is 38.9 Å². The standard InChI is InChI=1S/C23H23N5O4/c1-32-17-12-10-16(11-13-17)19-14-18(15-6-3-2-4-7-15)24-23-26-22(27-28(19)23)25-20(29)8-5-9-21(30)31/h2-4,6-7,10-14,19H,5,8-9H2,1H3,(H,30,31)(H2,24,25,26,27,29). The molecule has 0 radical (unpaired) electrons. The first-order valence-electron chi connectivity index (χ1n) is 10.2. The van der Waals surface area contributed by atoms with Crippen molar-refractivity contribution in [2.24, 2.45) is 0 Å². The zero-order chi connectivity index (χ0) is 22.5. The van der Waals surface area contributed by atoms with Gasteiger partial charge in [-0.15, -0.1) is 5.10 Å². The van der Waals surface area contributed by atoms with Crippen molar-refractivity contribution in [1.82, 2.24) is 14.8 Å². The number of rotatable bonds is 8. The number of carboxylic acid groups (broad SMARTS) is 1. The van der Waals surface area contributed by atoms with Gasteiger partial charge >= 0.3 is 5.97 Å². The number of hydrogen-bond donors (Lipinski definition) is 3. The number of carboxylic acids is 1. The average molecular weight is 433 g/mol. The van der Waals surface area contributed by atoms with Crippen molar-refractivity contribution in [3.8, 4) is 5.75 Å². The Kier molecular flexibility index (Phi) is 6.16. The summed E-state index contributed by atoms with van der Waals surface area (Å²) in [5, 5.41) is 19.2. The highest BCUT2D eigenvalue weighted by Crippen LogP contribution is 2.33. The van der Waals surface area contributed by atoms with Crippen molar-refractivity contribution in [2.75, 3.05) is 17.7 Å². The number of nitrogens with zero attached hydrogens (tertiary/aromatic N) is 3. The summed E-state index contributed by atoms with van der Waals surface area (Å²) in [6.45, 7) is 0. The number of amides is 1. The Bertz CT molecular complexity index is 1140. The molecule has 1 atom stereocenters. The topological polar surface area (TPSA) is 118 Å². The van der Waals surface area contributed by atoms with E-state index in [-0.39, 0.29) is 37.2 Å². The molecule has 32 heavy (non-hydrogen) atoms. The van der Waals surface area contributed by atoms with Gasteiger partial charge in [-0.05, 0) is 35.8 Å². The Hall–Kier alpha value is -4.14. The van der Waals surface area contributed by atoms with Crippen LogP contribution >= 0.6 is 0 Å². The van der Waals surface area contributed by atoms with Crippen LogP contribution in [0.2, 0.25) is 0 Å². The van der Waals surface area contributed by atoms with Crippen LogP contribution < -0.4 is 15.4 Å². The third-order valence-corrected chi connectivity index (χ3v) is 5.05. The van der Waals surface area contributed by atoms with E-state index >= 15 is 0 Å². The molecule has 164 valence electrons. The van der Waals surface area contributed by atoms with E-state index < -0.39 is 5.97 Å². The molecule has 1 aliphatic rings. The van der Waals surface area contributed by atoms with Gasteiger partial charge in [0.05, 0.1) is 7.11 Å². The molecule has 1 aromatic heterocycles. The fourth-order valence-electron chi connectivity index (χ4n) is 3.46. The molecule has 1 unspecified atom stereocenters. The van der Waals surface area contributed by atoms with Gasteiger partial charge in [0.25, 0.3) is 5.95 Å². The largest absolute Gasteiger partial charge is 0.497 e. The first-order valence-corrected chi connectivity index (χ1v) is 10.2. The number of fused-ring (bicyclic) bond motifs is 1. The van der Waals surface area contributed by atoms with Crippen LogP contribution in [0.4, 0.5) is 11.9 Å². The predicted molar refractivity (Wildman–Crippen MR) is 119 cm³/mol. The van der Waals surface area contributed by atoms with Crippen LogP contribution in [0.15, 0.2) is 60.7 Å². The maximum Gasteiger partial charge on any atom is 0.303 e. The molecule has 2 aromatic carbocycles. The average Bonchev–Trinajstić information content (AvgIpc) is 3.21. The summed E-state index contributed by atoms with van der Waals surface area (Å²) in [6, 6.07) is 17.3. The Morgan fingerprint density at radius 2 is 1.88 bits per heavy atom. The minimum atomic E-state index is -0.931. The molecule has 3 N–H and O–H groups in total. The van der Waals surface area contributed by atoms with Gasteiger partial charge in [0.1, 0.15) is 11.8 Å². The summed E-state index contributed by atoms with van der Waals surface area (Å²) in [7, 11) is 1.62. The lowest BCUT2D eigenvalue weighted by atomic mass is 10.0. The van der Waals surface area contributed by atoms with Gasteiger partial charge in [-0.2, -0.15) is 4.98 Å². The number of methoxy groups -OCH3 is 1. The van der Waals surface area contributed by atoms with Gasteiger partial charge in [-0.25, -0.2) is 4.68 Å². The molecular weight excluding hydrogens is 410 g/mol. The number of nitrogens with one attached hydrogen (secondary N) is 2. The van der Waals surface area contributed by atoms with E-state index in [4.69, 9.17) is 9.84 Å². The van der Waals surface area contributed by atoms with Crippen molar-refractivity contribution >= 4 is 29.5 Å². The molecule has 0 fully saturated rings. The third kappa shape index (κ3) is 4.77. The van der Waals surface area contributed by atoms with Crippen molar-refractivity contribution < 1.29 is 19.4 Å². The van der Waals surface area contributed by atoms with Gasteiger partial charge in [0.15, 0.2) is 0 Å². The summed E-state index contributed by atoms with van der Waals surface area (Å²) in [4.78, 5) is 27.3. The molecule has 1 aliphatic heterocycles. The van der Waals surface area contributed by atoms with Crippen molar-refractivity contribution in [3.05, 3.63) is 71.8 Å². The van der Waals surface area contributed by atoms with Gasteiger partial charge in [0.2, 0.25) is 11.9 Å². The number of aromatic nitrogens is 3. The summed E-state index contributed by atoms with van der Waals surface area (Å²) in [5.74, 6) is 0.149. The second-order valence-corrected chi connectivity index (χ2v) is 7.29. The number of ether oxygens (including phenoxy) is 1. The van der Waals surface area contributed by atoms with Gasteiger partial charge in [-0.3, -0.25) is 14.9 Å². The van der Waals surface area contributed by atoms with Crippen LogP contribution in [0.25, 0.3) is 5.70 Å². The molecule has 0 saturated heterocycles. The van der Waals surface area contributed by atoms with Gasteiger partial charge in [-0.1, -0.05) is 42.5 Å². The van der Waals surface area contributed by atoms with E-state index in [1.54, 1.807) is 11.8 Å². The summed E-state index contributed by atoms with van der Waals surface area (Å²) in [6.07, 6.45) is 2.32. The summed E-state index contributed by atoms with van der Waals surface area (Å²) >= 11 is 0. The number of benzene rings is 2. The smallest absolute Gasteiger partial charge is 0.303 e. The summed E-state index contributed by atoms with van der Waals surface area (Å²) < 4.78 is 6.97. The highest BCUT2D eigenvalue weighted by molar-refractivity contribution is 5.89. The fraction of sp³-hybridized carbons (Fsp3) is 0.217. The first kappa shape index (κ1) is 21.1. The maximum absolute atomic E-state index is 12.2. The minimum Gasteiger partial charge on any atom is -0.497 e. The fourth-order valence-corrected chi connectivity index (χ4v) is 3.46. The highest BCUT2D eigenvalue weighted by Gasteiger charge is 2.26. The lowest BCUT2D eigenvalue weighted by molar-refractivity contribution is -0.137. The molecular formula is C23H23N5O4. The molecule has 0 bridgehead atoms. The van der Waals surface area contributed by atoms with Crippen molar-refractivity contribution in [3.63, 3.8) is 0 Å². The Labute approximate surface area is 184 Å². The van der Waals surface area contributed by atoms with Crippen LogP contribution in [0.1, 0.15) is 36.4 Å². The number of carbonyl (C=O) groups excluding carboxylic acids is 1. The Morgan fingerprint density at radius 3 is 2.56 bits per heavy atom. The molecule has 9 nitrogen and oxygen atoms in total. The monoisotopic (exact) mass is 433 g/mol. The van der Waals surface area contributed by atoms with Crippen LogP contribution in [0.3, 0.4) is 0 Å². The molecule has 2 heterocycles. The summed E-state index contributed by atoms with van der Waals surface area (Å²) in [5.41, 5.74) is 2.86. The molecule has 0 spiro atoms. The number of allylic oxidation sites excluding steroid dienone is 1. The van der Waals surface area contributed by atoms with E-state index in [0.29, 0.717) is 5.95 Å². The SMILES string of the molecule is COc1ccc(C2C=C(c3ccccc3)Nc3nc(NC(=O)CCCC(=O)O)nn32)cc1. The zero-order valence-electron chi connectivity index (χ0n) is 17.5. The van der Waals surface area contributed by atoms with Gasteiger partial charge < -0.3 is 15.2 Å². The van der Waals surface area contributed by atoms with Crippen LogP contribution in [0.5, 0.6) is 5.75 Å². The van der Waals surface area contributed by atoms with Crippen molar-refractivity contribution in [1.29, 1.82) is 0 Å². The molecule has 3 aromatic rings. The lowest BCUT2D eigenvalue weighted by Gasteiger charge is -2.24. The third-order valence-electron chi connectivity index (χ3n) is 5.05. The van der Waals surface area contributed by atoms with E-state index in [0.717, 1.165) is 22.6 Å². The number of aliphatic carboxylic acids is 1. The lowest BCUT2D eigenvalue weighted by Crippen LogP contribution is -2.20. The van der Waals surface area contributed by atoms with Crippen molar-refractivity contribution in [2.45, 2.75) is 25.3 Å². The number of hydrogen-bond acceptors (Lipinski definition) is 6. The maximum atomic E-state index is 12.2. The van der Waals surface area contributed by atoms with E-state index in [1.807, 2.05) is 54.6 Å². The van der Waals surface area contributed by atoms with E-state index in [9.17, 15) is 9.59 Å². The Morgan fingerprint density at radius 1 is 1.12 bits per heavy atom. The predicted octanol–water partition coefficient (Wildman–Crippen LogP) is 3.54. The quantitative estimate of drug-likeness (QED) is 0.497. The number of carbonyl (C=O) groups is 2.